The van der Waals surface area contributed by atoms with Gasteiger partial charge in [0, 0.05) is 12.5 Å². The molecule has 1 aromatic carbocycles. The van der Waals surface area contributed by atoms with Crippen molar-refractivity contribution in [2.75, 3.05) is 5.43 Å². The molecule has 24 heavy (non-hydrogen) atoms. The SMILES string of the molecule is C[C@H](Cc1ccco1)NC(=O)NNc1ccc(OC(F)(F)F)cc1. The molecule has 1 heterocycles. The fourth-order valence-electron chi connectivity index (χ4n) is 1.91. The average Bonchev–Trinajstić information content (AvgIpc) is 2.97. The lowest BCUT2D eigenvalue weighted by atomic mass is 10.2. The van der Waals surface area contributed by atoms with E-state index in [-0.39, 0.29) is 11.8 Å². The summed E-state index contributed by atoms with van der Waals surface area (Å²) >= 11 is 0. The second-order valence-electron chi connectivity index (χ2n) is 4.98. The van der Waals surface area contributed by atoms with Crippen LogP contribution in [0.15, 0.2) is 47.1 Å². The zero-order chi connectivity index (χ0) is 17.6. The van der Waals surface area contributed by atoms with Gasteiger partial charge in [-0.1, -0.05) is 0 Å². The van der Waals surface area contributed by atoms with Gasteiger partial charge in [0.1, 0.15) is 11.5 Å². The highest BCUT2D eigenvalue weighted by molar-refractivity contribution is 5.75. The molecule has 0 aliphatic carbocycles. The molecule has 0 saturated heterocycles. The Morgan fingerprint density at radius 2 is 1.96 bits per heavy atom. The molecule has 0 unspecified atom stereocenters. The number of nitrogens with one attached hydrogen (secondary N) is 3. The van der Waals surface area contributed by atoms with Crippen molar-refractivity contribution in [3.05, 3.63) is 48.4 Å². The Balaban J connectivity index is 1.75. The first kappa shape index (κ1) is 17.5. The number of hydrogen-bond acceptors (Lipinski definition) is 4. The van der Waals surface area contributed by atoms with E-state index in [2.05, 4.69) is 20.9 Å². The van der Waals surface area contributed by atoms with Gasteiger partial charge in [-0.2, -0.15) is 0 Å². The van der Waals surface area contributed by atoms with E-state index in [1.807, 2.05) is 6.92 Å². The molecular weight excluding hydrogens is 327 g/mol. The van der Waals surface area contributed by atoms with E-state index < -0.39 is 12.4 Å². The van der Waals surface area contributed by atoms with Gasteiger partial charge in [0.25, 0.3) is 0 Å². The van der Waals surface area contributed by atoms with E-state index in [1.54, 1.807) is 18.4 Å². The van der Waals surface area contributed by atoms with Crippen LogP contribution in [0, 0.1) is 0 Å². The summed E-state index contributed by atoms with van der Waals surface area (Å²) < 4.78 is 45.1. The van der Waals surface area contributed by atoms with Gasteiger partial charge in [-0.15, -0.1) is 13.2 Å². The minimum atomic E-state index is -4.74. The number of furan rings is 1. The highest BCUT2D eigenvalue weighted by atomic mass is 19.4. The molecule has 9 heteroatoms. The molecule has 0 aliphatic rings. The topological polar surface area (TPSA) is 75.5 Å². The zero-order valence-corrected chi connectivity index (χ0v) is 12.7. The number of urea groups is 1. The first-order valence-electron chi connectivity index (χ1n) is 7.02. The molecular formula is C15H16F3N3O3. The Bertz CT molecular complexity index is 642. The quantitative estimate of drug-likeness (QED) is 0.703. The average molecular weight is 343 g/mol. The Kier molecular flexibility index (Phi) is 5.56. The van der Waals surface area contributed by atoms with E-state index in [9.17, 15) is 18.0 Å². The monoisotopic (exact) mass is 343 g/mol. The van der Waals surface area contributed by atoms with Gasteiger partial charge in [0.05, 0.1) is 12.0 Å². The van der Waals surface area contributed by atoms with Gasteiger partial charge in [0.2, 0.25) is 0 Å². The highest BCUT2D eigenvalue weighted by Crippen LogP contribution is 2.23. The third-order valence-electron chi connectivity index (χ3n) is 2.87. The van der Waals surface area contributed by atoms with Crippen LogP contribution in [0.1, 0.15) is 12.7 Å². The van der Waals surface area contributed by atoms with E-state index in [4.69, 9.17) is 4.42 Å². The predicted molar refractivity (Wildman–Crippen MR) is 80.3 cm³/mol. The summed E-state index contributed by atoms with van der Waals surface area (Å²) in [6, 6.07) is 7.87. The van der Waals surface area contributed by atoms with E-state index in [1.165, 1.54) is 12.1 Å². The molecule has 0 aliphatic heterocycles. The summed E-state index contributed by atoms with van der Waals surface area (Å²) in [5.74, 6) is 0.403. The number of hydrazine groups is 1. The van der Waals surface area contributed by atoms with Crippen LogP contribution < -0.4 is 20.9 Å². The van der Waals surface area contributed by atoms with Crippen LogP contribution in [-0.2, 0) is 6.42 Å². The van der Waals surface area contributed by atoms with Gasteiger partial charge in [-0.25, -0.2) is 4.79 Å². The molecule has 130 valence electrons. The van der Waals surface area contributed by atoms with Crippen LogP contribution in [0.25, 0.3) is 0 Å². The van der Waals surface area contributed by atoms with Crippen LogP contribution in [0.2, 0.25) is 0 Å². The van der Waals surface area contributed by atoms with Crippen molar-refractivity contribution in [1.82, 2.24) is 10.7 Å². The maximum absolute atomic E-state index is 12.0. The number of halogens is 3. The molecule has 2 amide bonds. The summed E-state index contributed by atoms with van der Waals surface area (Å²) in [6.45, 7) is 1.81. The van der Waals surface area contributed by atoms with E-state index in [0.717, 1.165) is 17.9 Å². The van der Waals surface area contributed by atoms with Crippen LogP contribution in [0.3, 0.4) is 0 Å². The van der Waals surface area contributed by atoms with Gasteiger partial charge in [0.15, 0.2) is 0 Å². The standard InChI is InChI=1S/C15H16F3N3O3/c1-10(9-13-3-2-8-23-13)19-14(22)21-20-11-4-6-12(7-5-11)24-15(16,17)18/h2-8,10,20H,9H2,1H3,(H2,19,21,22)/t10-/m1/s1. The summed E-state index contributed by atoms with van der Waals surface area (Å²) in [7, 11) is 0. The fourth-order valence-corrected chi connectivity index (χ4v) is 1.91. The number of ether oxygens (including phenoxy) is 1. The van der Waals surface area contributed by atoms with Crippen molar-refractivity contribution in [2.45, 2.75) is 25.7 Å². The lowest BCUT2D eigenvalue weighted by Gasteiger charge is -2.15. The second-order valence-corrected chi connectivity index (χ2v) is 4.98. The van der Waals surface area contributed by atoms with Crippen LogP contribution >= 0.6 is 0 Å². The van der Waals surface area contributed by atoms with Crippen LogP contribution in [-0.4, -0.2) is 18.4 Å². The Hall–Kier alpha value is -2.84. The maximum Gasteiger partial charge on any atom is 0.573 e. The van der Waals surface area contributed by atoms with Crippen molar-refractivity contribution in [3.63, 3.8) is 0 Å². The number of benzene rings is 1. The number of hydrogen-bond donors (Lipinski definition) is 3. The molecule has 3 N–H and O–H groups in total. The molecule has 0 fully saturated rings. The molecule has 2 rings (SSSR count). The largest absolute Gasteiger partial charge is 0.573 e. The van der Waals surface area contributed by atoms with Gasteiger partial charge < -0.3 is 14.5 Å². The number of alkyl halides is 3. The number of carbonyl (C=O) groups is 1. The predicted octanol–water partition coefficient (Wildman–Crippen LogP) is 3.44. The van der Waals surface area contributed by atoms with Crippen LogP contribution in [0.5, 0.6) is 5.75 Å². The van der Waals surface area contributed by atoms with Crippen molar-refractivity contribution in [2.24, 2.45) is 0 Å². The normalized spacial score (nSPS) is 12.3. The molecule has 1 atom stereocenters. The first-order valence-corrected chi connectivity index (χ1v) is 7.02. The molecule has 0 saturated carbocycles. The molecule has 0 spiro atoms. The smallest absolute Gasteiger partial charge is 0.469 e. The van der Waals surface area contributed by atoms with Crippen molar-refractivity contribution in [3.8, 4) is 5.75 Å². The summed E-state index contributed by atoms with van der Waals surface area (Å²) in [6.07, 6.45) is -2.66. The molecule has 0 bridgehead atoms. The lowest BCUT2D eigenvalue weighted by Crippen LogP contribution is -2.43. The molecule has 2 aromatic rings. The molecule has 6 nitrogen and oxygen atoms in total. The molecule has 0 radical (unpaired) electrons. The number of carbonyl (C=O) groups excluding carboxylic acids is 1. The third-order valence-corrected chi connectivity index (χ3v) is 2.87. The zero-order valence-electron chi connectivity index (χ0n) is 12.7. The van der Waals surface area contributed by atoms with E-state index >= 15 is 0 Å². The minimum Gasteiger partial charge on any atom is -0.469 e. The van der Waals surface area contributed by atoms with Gasteiger partial charge in [-0.05, 0) is 43.3 Å². The Morgan fingerprint density at radius 3 is 2.54 bits per heavy atom. The third kappa shape index (κ3) is 6.11. The first-order chi connectivity index (χ1) is 11.3. The minimum absolute atomic E-state index is 0.166. The lowest BCUT2D eigenvalue weighted by molar-refractivity contribution is -0.274. The van der Waals surface area contributed by atoms with Crippen molar-refractivity contribution >= 4 is 11.7 Å². The van der Waals surface area contributed by atoms with Gasteiger partial charge >= 0.3 is 12.4 Å². The number of rotatable bonds is 6. The highest BCUT2D eigenvalue weighted by Gasteiger charge is 2.30. The number of anilines is 1. The Morgan fingerprint density at radius 1 is 1.25 bits per heavy atom. The van der Waals surface area contributed by atoms with Crippen LogP contribution in [0.4, 0.5) is 23.7 Å². The number of amides is 2. The van der Waals surface area contributed by atoms with Crippen molar-refractivity contribution < 1.29 is 27.1 Å². The summed E-state index contributed by atoms with van der Waals surface area (Å²) in [5, 5.41) is 2.68. The summed E-state index contributed by atoms with van der Waals surface area (Å²) in [4.78, 5) is 11.7. The fraction of sp³-hybridized carbons (Fsp3) is 0.267. The van der Waals surface area contributed by atoms with Gasteiger partial charge in [-0.3, -0.25) is 10.9 Å². The maximum atomic E-state index is 12.0. The second kappa shape index (κ2) is 7.62. The Labute approximate surface area is 135 Å². The van der Waals surface area contributed by atoms with E-state index in [0.29, 0.717) is 12.1 Å². The van der Waals surface area contributed by atoms with Crippen molar-refractivity contribution in [1.29, 1.82) is 0 Å². The molecule has 1 aromatic heterocycles. The summed E-state index contributed by atoms with van der Waals surface area (Å²) in [5.41, 5.74) is 5.36.